The van der Waals surface area contributed by atoms with E-state index in [9.17, 15) is 18.0 Å². The summed E-state index contributed by atoms with van der Waals surface area (Å²) in [4.78, 5) is 26.7. The predicted molar refractivity (Wildman–Crippen MR) is 113 cm³/mol. The molecule has 1 aromatic heterocycles. The van der Waals surface area contributed by atoms with Gasteiger partial charge in [0.05, 0.1) is 28.4 Å². The normalized spacial score (nSPS) is 15.4. The highest BCUT2D eigenvalue weighted by atomic mass is 32.2. The Morgan fingerprint density at radius 1 is 1.13 bits per heavy atom. The van der Waals surface area contributed by atoms with Crippen molar-refractivity contribution in [1.29, 1.82) is 0 Å². The lowest BCUT2D eigenvalue weighted by molar-refractivity contribution is -0.120. The van der Waals surface area contributed by atoms with Crippen LogP contribution in [-0.4, -0.2) is 50.0 Å². The Morgan fingerprint density at radius 2 is 1.80 bits per heavy atom. The Balaban J connectivity index is 1.43. The number of sulfone groups is 1. The van der Waals surface area contributed by atoms with Crippen molar-refractivity contribution >= 4 is 21.7 Å². The summed E-state index contributed by atoms with van der Waals surface area (Å²) < 4.78 is 29.3. The van der Waals surface area contributed by atoms with E-state index in [2.05, 4.69) is 5.32 Å². The summed E-state index contributed by atoms with van der Waals surface area (Å²) in [6.07, 6.45) is 4.84. The van der Waals surface area contributed by atoms with Crippen molar-refractivity contribution in [3.8, 4) is 0 Å². The molecule has 1 aliphatic rings. The number of benzene rings is 1. The van der Waals surface area contributed by atoms with Crippen LogP contribution in [0.15, 0.2) is 52.2 Å². The molecule has 0 bridgehead atoms. The maximum atomic E-state index is 12.3. The van der Waals surface area contributed by atoms with E-state index in [1.807, 2.05) is 4.90 Å². The number of carbonyl (C=O) groups excluding carboxylic acids is 2. The van der Waals surface area contributed by atoms with Crippen molar-refractivity contribution in [1.82, 2.24) is 10.2 Å². The molecule has 1 fully saturated rings. The second-order valence-electron chi connectivity index (χ2n) is 7.97. The van der Waals surface area contributed by atoms with Crippen molar-refractivity contribution in [2.45, 2.75) is 43.3 Å². The number of amides is 2. The molecule has 0 spiro atoms. The van der Waals surface area contributed by atoms with Gasteiger partial charge in [-0.15, -0.1) is 0 Å². The molecule has 2 aromatic rings. The Kier molecular flexibility index (Phi) is 6.97. The molecular formula is C22H28N2O5S. The second-order valence-corrected chi connectivity index (χ2v) is 10.5. The second kappa shape index (κ2) is 9.47. The van der Waals surface area contributed by atoms with Crippen LogP contribution >= 0.6 is 0 Å². The monoisotopic (exact) mass is 432 g/mol. The van der Waals surface area contributed by atoms with Crippen LogP contribution in [0, 0.1) is 5.92 Å². The molecular weight excluding hydrogens is 404 g/mol. The van der Waals surface area contributed by atoms with Crippen LogP contribution in [-0.2, 0) is 21.1 Å². The molecule has 7 nitrogen and oxygen atoms in total. The van der Waals surface area contributed by atoms with Gasteiger partial charge in [-0.3, -0.25) is 9.59 Å². The minimum absolute atomic E-state index is 0.0193. The molecule has 8 heteroatoms. The van der Waals surface area contributed by atoms with E-state index in [-0.39, 0.29) is 23.1 Å². The van der Waals surface area contributed by atoms with E-state index in [1.54, 1.807) is 44.2 Å². The summed E-state index contributed by atoms with van der Waals surface area (Å²) in [6, 6.07) is 8.17. The zero-order valence-electron chi connectivity index (χ0n) is 17.3. The molecule has 162 valence electrons. The van der Waals surface area contributed by atoms with Gasteiger partial charge in [-0.25, -0.2) is 8.42 Å². The number of furan rings is 1. The number of hydrogen-bond acceptors (Lipinski definition) is 5. The highest BCUT2D eigenvalue weighted by Crippen LogP contribution is 2.19. The van der Waals surface area contributed by atoms with Crippen molar-refractivity contribution in [3.05, 3.63) is 54.0 Å². The minimum Gasteiger partial charge on any atom is -0.472 e. The van der Waals surface area contributed by atoms with Gasteiger partial charge >= 0.3 is 0 Å². The average molecular weight is 433 g/mol. The number of piperidine rings is 1. The summed E-state index contributed by atoms with van der Waals surface area (Å²) in [5, 5.41) is 2.48. The van der Waals surface area contributed by atoms with Gasteiger partial charge in [0.1, 0.15) is 6.26 Å². The van der Waals surface area contributed by atoms with Gasteiger partial charge < -0.3 is 14.6 Å². The number of nitrogens with zero attached hydrogens (tertiary/aromatic N) is 1. The van der Waals surface area contributed by atoms with E-state index in [4.69, 9.17) is 4.42 Å². The maximum Gasteiger partial charge on any atom is 0.257 e. The predicted octanol–water partition coefficient (Wildman–Crippen LogP) is 2.67. The topological polar surface area (TPSA) is 96.7 Å². The van der Waals surface area contributed by atoms with Crippen LogP contribution < -0.4 is 5.32 Å². The fourth-order valence-corrected chi connectivity index (χ4v) is 4.54. The van der Waals surface area contributed by atoms with Gasteiger partial charge in [0.25, 0.3) is 5.91 Å². The van der Waals surface area contributed by atoms with Crippen LogP contribution in [0.5, 0.6) is 0 Å². The van der Waals surface area contributed by atoms with E-state index in [1.165, 1.54) is 12.5 Å². The number of hydrogen-bond donors (Lipinski definition) is 1. The number of carbonyl (C=O) groups is 2. The Bertz CT molecular complexity index is 957. The van der Waals surface area contributed by atoms with Gasteiger partial charge in [0.2, 0.25) is 5.91 Å². The summed E-state index contributed by atoms with van der Waals surface area (Å²) >= 11 is 0. The molecule has 0 aliphatic carbocycles. The molecule has 2 amide bonds. The summed E-state index contributed by atoms with van der Waals surface area (Å²) in [6.45, 7) is 5.20. The molecule has 1 N–H and O–H groups in total. The van der Waals surface area contributed by atoms with E-state index in [0.717, 1.165) is 18.4 Å². The fraction of sp³-hybridized carbons (Fsp3) is 0.455. The first-order valence-electron chi connectivity index (χ1n) is 10.2. The molecule has 1 saturated heterocycles. The third-order valence-corrected chi connectivity index (χ3v) is 7.67. The summed E-state index contributed by atoms with van der Waals surface area (Å²) in [7, 11) is -3.31. The zero-order chi connectivity index (χ0) is 21.7. The highest BCUT2D eigenvalue weighted by Gasteiger charge is 2.24. The first-order valence-corrected chi connectivity index (χ1v) is 11.7. The highest BCUT2D eigenvalue weighted by molar-refractivity contribution is 7.92. The quantitative estimate of drug-likeness (QED) is 0.726. The van der Waals surface area contributed by atoms with Gasteiger partial charge in [-0.05, 0) is 56.4 Å². The van der Waals surface area contributed by atoms with E-state index >= 15 is 0 Å². The largest absolute Gasteiger partial charge is 0.472 e. The number of rotatable bonds is 7. The van der Waals surface area contributed by atoms with Crippen molar-refractivity contribution in [2.24, 2.45) is 5.92 Å². The molecule has 0 atom stereocenters. The average Bonchev–Trinajstić information content (AvgIpc) is 3.27. The third-order valence-electron chi connectivity index (χ3n) is 5.49. The Hall–Kier alpha value is -2.61. The lowest BCUT2D eigenvalue weighted by Gasteiger charge is -2.31. The first-order chi connectivity index (χ1) is 14.3. The minimum atomic E-state index is -3.31. The first kappa shape index (κ1) is 22.1. The van der Waals surface area contributed by atoms with Crippen molar-refractivity contribution in [3.63, 3.8) is 0 Å². The summed E-state index contributed by atoms with van der Waals surface area (Å²) in [5.41, 5.74) is 1.34. The SMILES string of the molecule is CC(C)S(=O)(=O)c1ccc(CC(=O)NCC2CCN(C(=O)c3ccoc3)CC2)cc1. The Labute approximate surface area is 177 Å². The fourth-order valence-electron chi connectivity index (χ4n) is 3.48. The van der Waals surface area contributed by atoms with E-state index in [0.29, 0.717) is 31.1 Å². The zero-order valence-corrected chi connectivity index (χ0v) is 18.2. The molecule has 1 aromatic carbocycles. The molecule has 2 heterocycles. The van der Waals surface area contributed by atoms with Crippen LogP contribution in [0.4, 0.5) is 0 Å². The third kappa shape index (κ3) is 5.30. The number of likely N-dealkylation sites (tertiary alicyclic amines) is 1. The molecule has 3 rings (SSSR count). The summed E-state index contributed by atoms with van der Waals surface area (Å²) in [5.74, 6) is 0.224. The number of nitrogens with one attached hydrogen (secondary N) is 1. The lowest BCUT2D eigenvalue weighted by atomic mass is 9.96. The molecule has 0 saturated carbocycles. The molecule has 1 aliphatic heterocycles. The Morgan fingerprint density at radius 3 is 2.37 bits per heavy atom. The standard InChI is InChI=1S/C22H28N2O5S/c1-16(2)30(27,28)20-5-3-17(4-6-20)13-21(25)23-14-18-7-10-24(11-8-18)22(26)19-9-12-29-15-19/h3-6,9,12,15-16,18H,7-8,10-11,13-14H2,1-2H3,(H,23,25). The van der Waals surface area contributed by atoms with Crippen LogP contribution in [0.3, 0.4) is 0 Å². The maximum absolute atomic E-state index is 12.3. The van der Waals surface area contributed by atoms with Gasteiger partial charge in [0.15, 0.2) is 9.84 Å². The van der Waals surface area contributed by atoms with Crippen LogP contribution in [0.25, 0.3) is 0 Å². The van der Waals surface area contributed by atoms with Gasteiger partial charge in [-0.2, -0.15) is 0 Å². The van der Waals surface area contributed by atoms with E-state index < -0.39 is 15.1 Å². The van der Waals surface area contributed by atoms with Crippen LogP contribution in [0.2, 0.25) is 0 Å². The lowest BCUT2D eigenvalue weighted by Crippen LogP contribution is -2.41. The molecule has 30 heavy (non-hydrogen) atoms. The van der Waals surface area contributed by atoms with Crippen LogP contribution in [0.1, 0.15) is 42.6 Å². The molecule has 0 unspecified atom stereocenters. The van der Waals surface area contributed by atoms with Gasteiger partial charge in [-0.1, -0.05) is 12.1 Å². The van der Waals surface area contributed by atoms with Crippen molar-refractivity contribution < 1.29 is 22.4 Å². The van der Waals surface area contributed by atoms with Gasteiger partial charge in [0, 0.05) is 19.6 Å². The molecule has 0 radical (unpaired) electrons. The van der Waals surface area contributed by atoms with Crippen molar-refractivity contribution in [2.75, 3.05) is 19.6 Å². The smallest absolute Gasteiger partial charge is 0.257 e.